The van der Waals surface area contributed by atoms with E-state index in [0.29, 0.717) is 18.7 Å². The van der Waals surface area contributed by atoms with Crippen LogP contribution in [0.4, 0.5) is 0 Å². The molecule has 3 heteroatoms. The van der Waals surface area contributed by atoms with Crippen molar-refractivity contribution in [2.24, 2.45) is 0 Å². The Morgan fingerprint density at radius 3 is 2.63 bits per heavy atom. The Morgan fingerprint density at radius 2 is 1.95 bits per heavy atom. The molecule has 1 aliphatic carbocycles. The third-order valence-corrected chi connectivity index (χ3v) is 3.59. The van der Waals surface area contributed by atoms with Crippen molar-refractivity contribution in [1.29, 1.82) is 0 Å². The van der Waals surface area contributed by atoms with Gasteiger partial charge < -0.3 is 15.2 Å². The molecule has 1 atom stereocenters. The summed E-state index contributed by atoms with van der Waals surface area (Å²) in [4.78, 5) is 0. The molecule has 3 nitrogen and oxygen atoms in total. The van der Waals surface area contributed by atoms with Gasteiger partial charge in [0.05, 0.1) is 12.2 Å². The van der Waals surface area contributed by atoms with E-state index >= 15 is 0 Å². The molecule has 0 amide bonds. The molecule has 1 saturated carbocycles. The lowest BCUT2D eigenvalue weighted by molar-refractivity contribution is 0.155. The van der Waals surface area contributed by atoms with E-state index in [0.717, 1.165) is 24.2 Å². The zero-order valence-corrected chi connectivity index (χ0v) is 11.9. The first kappa shape index (κ1) is 14.4. The number of aliphatic hydroxyl groups is 1. The number of hydrogen-bond acceptors (Lipinski definition) is 3. The maximum absolute atomic E-state index is 10.3. The van der Waals surface area contributed by atoms with Gasteiger partial charge in [0, 0.05) is 18.2 Å². The molecule has 1 fully saturated rings. The summed E-state index contributed by atoms with van der Waals surface area (Å²) in [5.41, 5.74) is 0.891. The highest BCUT2D eigenvalue weighted by atomic mass is 16.5. The van der Waals surface area contributed by atoms with Crippen molar-refractivity contribution in [1.82, 2.24) is 5.32 Å². The topological polar surface area (TPSA) is 41.5 Å². The number of ether oxygens (including phenoxy) is 1. The van der Waals surface area contributed by atoms with Crippen molar-refractivity contribution < 1.29 is 9.84 Å². The van der Waals surface area contributed by atoms with E-state index in [1.165, 1.54) is 12.8 Å². The lowest BCUT2D eigenvalue weighted by Gasteiger charge is -2.20. The number of nitrogens with one attached hydrogen (secondary N) is 1. The van der Waals surface area contributed by atoms with Gasteiger partial charge in [0.1, 0.15) is 5.75 Å². The summed E-state index contributed by atoms with van der Waals surface area (Å²) in [6.07, 6.45) is 4.59. The highest BCUT2D eigenvalue weighted by Gasteiger charge is 2.20. The Kier molecular flexibility index (Phi) is 5.23. The highest BCUT2D eigenvalue weighted by Crippen LogP contribution is 2.29. The van der Waals surface area contributed by atoms with Crippen LogP contribution in [0.25, 0.3) is 0 Å². The Balaban J connectivity index is 2.02. The van der Waals surface area contributed by atoms with E-state index in [4.69, 9.17) is 4.74 Å². The second kappa shape index (κ2) is 6.92. The molecule has 0 radical (unpaired) electrons. The average molecular weight is 263 g/mol. The molecule has 1 aromatic rings. The Bertz CT molecular complexity index is 386. The van der Waals surface area contributed by atoms with Gasteiger partial charge in [0.2, 0.25) is 0 Å². The van der Waals surface area contributed by atoms with Gasteiger partial charge in [-0.2, -0.15) is 0 Å². The van der Waals surface area contributed by atoms with E-state index in [2.05, 4.69) is 19.2 Å². The second-order valence-corrected chi connectivity index (χ2v) is 5.64. The summed E-state index contributed by atoms with van der Waals surface area (Å²) >= 11 is 0. The Morgan fingerprint density at radius 1 is 1.26 bits per heavy atom. The maximum Gasteiger partial charge on any atom is 0.125 e. The quantitative estimate of drug-likeness (QED) is 0.829. The van der Waals surface area contributed by atoms with Crippen LogP contribution in [0.15, 0.2) is 24.3 Å². The third-order valence-electron chi connectivity index (χ3n) is 3.59. The maximum atomic E-state index is 10.3. The smallest absolute Gasteiger partial charge is 0.125 e. The number of para-hydroxylation sites is 1. The fourth-order valence-electron chi connectivity index (χ4n) is 2.51. The number of benzene rings is 1. The zero-order valence-electron chi connectivity index (χ0n) is 11.9. The summed E-state index contributed by atoms with van der Waals surface area (Å²) in [7, 11) is 0. The van der Waals surface area contributed by atoms with Gasteiger partial charge in [-0.25, -0.2) is 0 Å². The molecule has 0 heterocycles. The van der Waals surface area contributed by atoms with E-state index in [1.807, 2.05) is 24.3 Å². The predicted octanol–water partition coefficient (Wildman–Crippen LogP) is 3.04. The summed E-state index contributed by atoms with van der Waals surface area (Å²) in [5.74, 6) is 0.840. The molecule has 1 aromatic carbocycles. The van der Waals surface area contributed by atoms with E-state index < -0.39 is 6.10 Å². The zero-order chi connectivity index (χ0) is 13.7. The van der Waals surface area contributed by atoms with E-state index in [1.54, 1.807) is 0 Å². The normalized spacial score (nSPS) is 17.9. The van der Waals surface area contributed by atoms with Gasteiger partial charge in [0.25, 0.3) is 0 Å². The van der Waals surface area contributed by atoms with Gasteiger partial charge in [0.15, 0.2) is 0 Å². The summed E-state index contributed by atoms with van der Waals surface area (Å²) in [6.45, 7) is 4.71. The molecule has 0 bridgehead atoms. The van der Waals surface area contributed by atoms with Crippen molar-refractivity contribution in [3.63, 3.8) is 0 Å². The van der Waals surface area contributed by atoms with Crippen LogP contribution in [0.5, 0.6) is 5.75 Å². The first-order chi connectivity index (χ1) is 9.16. The molecule has 0 aliphatic heterocycles. The van der Waals surface area contributed by atoms with Crippen molar-refractivity contribution in [2.75, 3.05) is 6.54 Å². The Hall–Kier alpha value is -1.06. The molecule has 1 unspecified atom stereocenters. The van der Waals surface area contributed by atoms with Crippen molar-refractivity contribution in [3.05, 3.63) is 29.8 Å². The van der Waals surface area contributed by atoms with Gasteiger partial charge >= 0.3 is 0 Å². The second-order valence-electron chi connectivity index (χ2n) is 5.64. The van der Waals surface area contributed by atoms with E-state index in [-0.39, 0.29) is 0 Å². The highest BCUT2D eigenvalue weighted by molar-refractivity contribution is 5.35. The van der Waals surface area contributed by atoms with E-state index in [9.17, 15) is 5.11 Å². The lowest BCUT2D eigenvalue weighted by Crippen LogP contribution is -2.28. The molecule has 0 spiro atoms. The number of rotatable bonds is 6. The number of aliphatic hydroxyl groups excluding tert-OH is 1. The molecule has 1 aliphatic rings. The van der Waals surface area contributed by atoms with Gasteiger partial charge in [-0.15, -0.1) is 0 Å². The number of hydrogen-bond donors (Lipinski definition) is 2. The lowest BCUT2D eigenvalue weighted by atomic mass is 10.1. The Labute approximate surface area is 116 Å². The first-order valence-corrected chi connectivity index (χ1v) is 7.34. The largest absolute Gasteiger partial charge is 0.490 e. The molecular weight excluding hydrogens is 238 g/mol. The van der Waals surface area contributed by atoms with Crippen LogP contribution in [0.1, 0.15) is 51.2 Å². The predicted molar refractivity (Wildman–Crippen MR) is 77.4 cm³/mol. The van der Waals surface area contributed by atoms with Crippen LogP contribution in [0.3, 0.4) is 0 Å². The first-order valence-electron chi connectivity index (χ1n) is 7.34. The summed E-state index contributed by atoms with van der Waals surface area (Å²) < 4.78 is 6.05. The van der Waals surface area contributed by atoms with Crippen LogP contribution in [-0.4, -0.2) is 23.8 Å². The fourth-order valence-corrected chi connectivity index (χ4v) is 2.51. The molecular formula is C16H25NO2. The third kappa shape index (κ3) is 4.22. The molecule has 106 valence electrons. The summed E-state index contributed by atoms with van der Waals surface area (Å²) in [5, 5.41) is 13.5. The van der Waals surface area contributed by atoms with Gasteiger partial charge in [-0.1, -0.05) is 32.0 Å². The van der Waals surface area contributed by atoms with Crippen molar-refractivity contribution >= 4 is 0 Å². The monoisotopic (exact) mass is 263 g/mol. The minimum Gasteiger partial charge on any atom is -0.490 e. The fraction of sp³-hybridized carbons (Fsp3) is 0.625. The van der Waals surface area contributed by atoms with Gasteiger partial charge in [-0.3, -0.25) is 0 Å². The van der Waals surface area contributed by atoms with Crippen molar-refractivity contribution in [3.8, 4) is 5.75 Å². The molecule has 2 rings (SSSR count). The van der Waals surface area contributed by atoms with Crippen molar-refractivity contribution in [2.45, 2.75) is 57.8 Å². The minimum absolute atomic E-state index is 0.325. The minimum atomic E-state index is -0.514. The van der Waals surface area contributed by atoms with Crippen LogP contribution >= 0.6 is 0 Å². The SMILES string of the molecule is CC(C)NCC(O)c1ccccc1OC1CCCC1. The van der Waals surface area contributed by atoms with Crippen LogP contribution in [0, 0.1) is 0 Å². The standard InChI is InChI=1S/C16H25NO2/c1-12(2)17-11-15(18)14-9-5-6-10-16(14)19-13-7-3-4-8-13/h5-6,9-10,12-13,15,17-18H,3-4,7-8,11H2,1-2H3. The summed E-state index contributed by atoms with van der Waals surface area (Å²) in [6, 6.07) is 8.22. The van der Waals surface area contributed by atoms with Crippen LogP contribution in [0.2, 0.25) is 0 Å². The molecule has 2 N–H and O–H groups in total. The van der Waals surface area contributed by atoms with Crippen LogP contribution < -0.4 is 10.1 Å². The molecule has 0 aromatic heterocycles. The average Bonchev–Trinajstić information content (AvgIpc) is 2.89. The van der Waals surface area contributed by atoms with Gasteiger partial charge in [-0.05, 0) is 31.7 Å². The molecule has 0 saturated heterocycles. The molecule has 19 heavy (non-hydrogen) atoms. The van der Waals surface area contributed by atoms with Crippen LogP contribution in [-0.2, 0) is 0 Å².